The second kappa shape index (κ2) is 14.7. The van der Waals surface area contributed by atoms with Crippen LogP contribution in [0.4, 0.5) is 15.5 Å². The number of thiophene rings is 1. The number of unbranched alkanes of at least 4 members (excludes halogenated alkanes) is 4. The van der Waals surface area contributed by atoms with Crippen molar-refractivity contribution in [3.8, 4) is 5.88 Å². The van der Waals surface area contributed by atoms with Crippen molar-refractivity contribution in [3.05, 3.63) is 71.1 Å². The number of carboxylic acid groups (broad SMARTS) is 1. The average molecular weight is 579 g/mol. The second-order valence-corrected chi connectivity index (χ2v) is 11.6. The number of fused-ring (bicyclic) bond motifs is 1. The number of hydrogen-bond donors (Lipinski definition) is 3. The van der Waals surface area contributed by atoms with Gasteiger partial charge in [-0.15, -0.1) is 28.2 Å². The third kappa shape index (κ3) is 7.95. The number of anilines is 1. The molecule has 0 radical (unpaired) electrons. The summed E-state index contributed by atoms with van der Waals surface area (Å²) in [4.78, 5) is 24.4. The molecule has 8 nitrogen and oxygen atoms in total. The van der Waals surface area contributed by atoms with E-state index in [1.54, 1.807) is 30.0 Å². The normalized spacial score (nSPS) is 11.4. The van der Waals surface area contributed by atoms with Gasteiger partial charge in [0.05, 0.1) is 16.1 Å². The molecule has 2 heterocycles. The van der Waals surface area contributed by atoms with E-state index < -0.39 is 12.0 Å². The summed E-state index contributed by atoms with van der Waals surface area (Å²) in [5.41, 5.74) is 2.55. The van der Waals surface area contributed by atoms with Crippen LogP contribution in [0.25, 0.3) is 10.9 Å². The van der Waals surface area contributed by atoms with Gasteiger partial charge in [-0.05, 0) is 78.4 Å². The Kier molecular flexibility index (Phi) is 10.8. The van der Waals surface area contributed by atoms with Crippen LogP contribution in [0.1, 0.15) is 61.4 Å². The summed E-state index contributed by atoms with van der Waals surface area (Å²) in [6.45, 7) is 2.85. The quantitative estimate of drug-likeness (QED) is 0.0784. The van der Waals surface area contributed by atoms with E-state index in [9.17, 15) is 14.7 Å². The minimum absolute atomic E-state index is 0.0186. The zero-order valence-electron chi connectivity index (χ0n) is 22.5. The van der Waals surface area contributed by atoms with E-state index in [2.05, 4.69) is 22.5 Å². The van der Waals surface area contributed by atoms with E-state index in [-0.39, 0.29) is 5.88 Å². The van der Waals surface area contributed by atoms with Crippen LogP contribution >= 0.6 is 23.1 Å². The lowest BCUT2D eigenvalue weighted by Crippen LogP contribution is -2.03. The highest BCUT2D eigenvalue weighted by Gasteiger charge is 2.18. The molecule has 3 N–H and O–H groups in total. The summed E-state index contributed by atoms with van der Waals surface area (Å²) in [6, 6.07) is 16.1. The number of rotatable bonds is 14. The molecule has 2 aromatic heterocycles. The maximum Gasteiger partial charge on any atom is 0.364 e. The molecule has 2 amide bonds. The average Bonchev–Trinajstić information content (AvgIpc) is 3.55. The molecule has 0 aliphatic heterocycles. The number of carbonyl (C=O) groups excluding carboxylic acids is 1. The van der Waals surface area contributed by atoms with Crippen LogP contribution in [-0.4, -0.2) is 32.5 Å². The van der Waals surface area contributed by atoms with Crippen molar-refractivity contribution in [2.45, 2.75) is 63.3 Å². The van der Waals surface area contributed by atoms with Crippen LogP contribution in [0.2, 0.25) is 0 Å². The molecule has 0 bridgehead atoms. The maximum atomic E-state index is 12.3. The molecular formula is C30H34N4O4S2. The van der Waals surface area contributed by atoms with E-state index in [0.717, 1.165) is 59.2 Å². The van der Waals surface area contributed by atoms with E-state index in [0.29, 0.717) is 22.8 Å². The van der Waals surface area contributed by atoms with Gasteiger partial charge in [-0.3, -0.25) is 5.32 Å². The number of thioether (sulfide) groups is 1. The predicted molar refractivity (Wildman–Crippen MR) is 163 cm³/mol. The van der Waals surface area contributed by atoms with Crippen LogP contribution in [-0.2, 0) is 13.0 Å². The van der Waals surface area contributed by atoms with Crippen molar-refractivity contribution in [1.29, 1.82) is 0 Å². The Balaban J connectivity index is 1.47. The molecule has 0 unspecified atom stereocenters. The Labute approximate surface area is 242 Å². The molecular weight excluding hydrogens is 544 g/mol. The predicted octanol–water partition coefficient (Wildman–Crippen LogP) is 9.12. The molecule has 210 valence electrons. The monoisotopic (exact) mass is 578 g/mol. The third-order valence-electron chi connectivity index (χ3n) is 6.54. The molecule has 0 fully saturated rings. The number of azo groups is 1. The number of aromatic nitrogens is 1. The van der Waals surface area contributed by atoms with Gasteiger partial charge in [0.2, 0.25) is 5.88 Å². The van der Waals surface area contributed by atoms with Crippen LogP contribution in [0.15, 0.2) is 75.1 Å². The molecule has 0 saturated carbocycles. The fourth-order valence-corrected chi connectivity index (χ4v) is 5.94. The number of benzene rings is 2. The minimum Gasteiger partial charge on any atom is -0.493 e. The van der Waals surface area contributed by atoms with Crippen LogP contribution in [0.5, 0.6) is 5.88 Å². The van der Waals surface area contributed by atoms with Crippen molar-refractivity contribution in [3.63, 3.8) is 0 Å². The van der Waals surface area contributed by atoms with E-state index in [1.807, 2.05) is 46.3 Å². The lowest BCUT2D eigenvalue weighted by molar-refractivity contribution is 0.0697. The van der Waals surface area contributed by atoms with Crippen molar-refractivity contribution in [1.82, 2.24) is 4.57 Å². The summed E-state index contributed by atoms with van der Waals surface area (Å²) >= 11 is 3.10. The first-order valence-corrected chi connectivity index (χ1v) is 15.4. The van der Waals surface area contributed by atoms with E-state index in [4.69, 9.17) is 5.11 Å². The molecule has 0 saturated heterocycles. The summed E-state index contributed by atoms with van der Waals surface area (Å²) in [6.07, 6.45) is 7.34. The topological polar surface area (TPSA) is 116 Å². The number of aromatic carboxylic acids is 1. The first-order valence-electron chi connectivity index (χ1n) is 13.5. The Morgan fingerprint density at radius 2 is 1.82 bits per heavy atom. The lowest BCUT2D eigenvalue weighted by Gasteiger charge is -2.07. The second-order valence-electron chi connectivity index (χ2n) is 9.48. The maximum absolute atomic E-state index is 12.3. The molecule has 2 aromatic carbocycles. The summed E-state index contributed by atoms with van der Waals surface area (Å²) in [5, 5.41) is 34.2. The van der Waals surface area contributed by atoms with Crippen LogP contribution in [0.3, 0.4) is 0 Å². The minimum atomic E-state index is -0.920. The summed E-state index contributed by atoms with van der Waals surface area (Å²) in [7, 11) is 0. The van der Waals surface area contributed by atoms with Gasteiger partial charge in [0, 0.05) is 16.8 Å². The number of aryl methyl sites for hydroxylation is 2. The molecule has 0 aliphatic carbocycles. The first-order chi connectivity index (χ1) is 19.5. The molecule has 10 heteroatoms. The van der Waals surface area contributed by atoms with E-state index in [1.165, 1.54) is 24.2 Å². The smallest absolute Gasteiger partial charge is 0.364 e. The molecule has 0 spiro atoms. The molecule has 0 atom stereocenters. The molecule has 4 aromatic rings. The number of amides is 2. The van der Waals surface area contributed by atoms with Crippen molar-refractivity contribution in [2.75, 3.05) is 11.1 Å². The van der Waals surface area contributed by atoms with Crippen molar-refractivity contribution >= 4 is 56.7 Å². The van der Waals surface area contributed by atoms with Gasteiger partial charge in [-0.1, -0.05) is 49.9 Å². The largest absolute Gasteiger partial charge is 0.493 e. The van der Waals surface area contributed by atoms with Gasteiger partial charge in [-0.25, -0.2) is 9.59 Å². The van der Waals surface area contributed by atoms with Crippen LogP contribution in [0, 0.1) is 0 Å². The van der Waals surface area contributed by atoms with Gasteiger partial charge >= 0.3 is 12.0 Å². The molecule has 40 heavy (non-hydrogen) atoms. The van der Waals surface area contributed by atoms with Gasteiger partial charge in [0.15, 0.2) is 5.69 Å². The van der Waals surface area contributed by atoms with Crippen molar-refractivity contribution in [2.24, 2.45) is 10.2 Å². The Bertz CT molecular complexity index is 1450. The fraction of sp³-hybridized carbons (Fsp3) is 0.333. The van der Waals surface area contributed by atoms with Crippen LogP contribution < -0.4 is 5.32 Å². The number of carboxylic acids is 1. The van der Waals surface area contributed by atoms with Gasteiger partial charge in [0.1, 0.15) is 0 Å². The van der Waals surface area contributed by atoms with Gasteiger partial charge < -0.3 is 14.8 Å². The number of urea groups is 1. The zero-order chi connectivity index (χ0) is 28.3. The lowest BCUT2D eigenvalue weighted by atomic mass is 10.1. The molecule has 4 rings (SSSR count). The highest BCUT2D eigenvalue weighted by Crippen LogP contribution is 2.41. The highest BCUT2D eigenvalue weighted by atomic mass is 32.2. The summed E-state index contributed by atoms with van der Waals surface area (Å²) in [5.74, 6) is -0.0304. The first kappa shape index (κ1) is 29.4. The van der Waals surface area contributed by atoms with Gasteiger partial charge in [0.25, 0.3) is 0 Å². The Hall–Kier alpha value is -3.63. The molecule has 0 aliphatic rings. The SMILES string of the molecule is CCCCCCCn1c(O)c(N=NC(=O)Nc2cccs2)c2cc(SCCCc3ccc(C(=O)O)cc3)ccc21. The number of hydrogen-bond acceptors (Lipinski definition) is 6. The fourth-order valence-electron chi connectivity index (χ4n) is 4.45. The zero-order valence-corrected chi connectivity index (χ0v) is 24.1. The standard InChI is InChI=1S/C30H34N4O4S2/c1-2-3-4-5-6-17-34-25-16-15-23(39-18-7-9-21-11-13-22(14-12-21)29(36)37)20-24(25)27(28(34)35)32-33-30(38)31-26-10-8-19-40-26/h8,10-16,19-20,35H,2-7,9,17-18H2,1H3,(H,31,38)(H,36,37). The Morgan fingerprint density at radius 1 is 1.02 bits per heavy atom. The van der Waals surface area contributed by atoms with Gasteiger partial charge in [-0.2, -0.15) is 0 Å². The highest BCUT2D eigenvalue weighted by molar-refractivity contribution is 7.99. The van der Waals surface area contributed by atoms with Crippen molar-refractivity contribution < 1.29 is 19.8 Å². The van der Waals surface area contributed by atoms with E-state index >= 15 is 0 Å². The number of nitrogens with one attached hydrogen (secondary N) is 1. The summed E-state index contributed by atoms with van der Waals surface area (Å²) < 4.78 is 1.86. The number of nitrogens with zero attached hydrogens (tertiary/aromatic N) is 3. The Morgan fingerprint density at radius 3 is 2.55 bits per heavy atom. The number of aromatic hydroxyl groups is 1. The number of carbonyl (C=O) groups is 2. The third-order valence-corrected chi connectivity index (χ3v) is 8.40.